The summed E-state index contributed by atoms with van der Waals surface area (Å²) in [6.45, 7) is 1.83. The van der Waals surface area contributed by atoms with Crippen LogP contribution < -0.4 is 5.32 Å². The third kappa shape index (κ3) is 2.90. The molecule has 0 bridgehead atoms. The van der Waals surface area contributed by atoms with Crippen molar-refractivity contribution in [1.82, 2.24) is 4.98 Å². The van der Waals surface area contributed by atoms with Crippen molar-refractivity contribution < 1.29 is 9.59 Å². The summed E-state index contributed by atoms with van der Waals surface area (Å²) >= 11 is 1.30. The monoisotopic (exact) mass is 335 g/mol. The number of rotatable bonds is 4. The van der Waals surface area contributed by atoms with E-state index in [0.717, 1.165) is 15.6 Å². The van der Waals surface area contributed by atoms with E-state index in [0.29, 0.717) is 10.7 Å². The van der Waals surface area contributed by atoms with Gasteiger partial charge in [0.2, 0.25) is 0 Å². The minimum atomic E-state index is -1.40. The molecule has 3 aromatic rings. The van der Waals surface area contributed by atoms with Crippen molar-refractivity contribution in [3.8, 4) is 6.07 Å². The number of hydrogen-bond acceptors (Lipinski definition) is 5. The molecule has 0 aliphatic heterocycles. The van der Waals surface area contributed by atoms with E-state index in [1.165, 1.54) is 17.5 Å². The number of benzene rings is 1. The second-order valence-electron chi connectivity index (χ2n) is 5.18. The van der Waals surface area contributed by atoms with Crippen LogP contribution in [0.15, 0.2) is 48.7 Å². The summed E-state index contributed by atoms with van der Waals surface area (Å²) in [4.78, 5) is 29.4. The molecule has 1 unspecified atom stereocenters. The van der Waals surface area contributed by atoms with E-state index in [1.54, 1.807) is 18.2 Å². The summed E-state index contributed by atoms with van der Waals surface area (Å²) in [5.74, 6) is -2.25. The molecule has 0 aliphatic rings. The van der Waals surface area contributed by atoms with E-state index in [9.17, 15) is 14.9 Å². The largest absolute Gasteiger partial charge is 0.309 e. The van der Waals surface area contributed by atoms with Crippen LogP contribution >= 0.6 is 11.3 Å². The quantitative estimate of drug-likeness (QED) is 0.583. The predicted octanol–water partition coefficient (Wildman–Crippen LogP) is 3.57. The Morgan fingerprint density at radius 3 is 2.62 bits per heavy atom. The number of thiophene rings is 1. The van der Waals surface area contributed by atoms with Gasteiger partial charge in [-0.05, 0) is 36.1 Å². The molecule has 5 nitrogen and oxygen atoms in total. The fourth-order valence-corrected chi connectivity index (χ4v) is 3.59. The summed E-state index contributed by atoms with van der Waals surface area (Å²) in [6, 6.07) is 14.5. The van der Waals surface area contributed by atoms with Crippen molar-refractivity contribution in [2.24, 2.45) is 5.92 Å². The van der Waals surface area contributed by atoms with Crippen molar-refractivity contribution in [3.63, 3.8) is 0 Å². The van der Waals surface area contributed by atoms with Gasteiger partial charge >= 0.3 is 0 Å². The number of aryl methyl sites for hydroxylation is 1. The third-order valence-corrected chi connectivity index (χ3v) is 4.92. The van der Waals surface area contributed by atoms with Crippen molar-refractivity contribution in [3.05, 3.63) is 59.1 Å². The Bertz CT molecular complexity index is 957. The summed E-state index contributed by atoms with van der Waals surface area (Å²) in [5.41, 5.74) is 0.798. The first-order valence-corrected chi connectivity index (χ1v) is 8.07. The molecule has 0 fully saturated rings. The minimum Gasteiger partial charge on any atom is -0.309 e. The van der Waals surface area contributed by atoms with Crippen LogP contribution in [0.1, 0.15) is 15.2 Å². The smallest absolute Gasteiger partial charge is 0.250 e. The highest BCUT2D eigenvalue weighted by Gasteiger charge is 2.30. The summed E-state index contributed by atoms with van der Waals surface area (Å²) in [5, 5.41) is 12.8. The van der Waals surface area contributed by atoms with Gasteiger partial charge in [0.15, 0.2) is 11.7 Å². The number of carbonyl (C=O) groups excluding carboxylic acids is 2. The Balaban J connectivity index is 1.90. The van der Waals surface area contributed by atoms with Crippen LogP contribution in [0.4, 0.5) is 5.82 Å². The summed E-state index contributed by atoms with van der Waals surface area (Å²) in [7, 11) is 0. The molecule has 2 heterocycles. The fourth-order valence-electron chi connectivity index (χ4n) is 2.41. The predicted molar refractivity (Wildman–Crippen MR) is 92.9 cm³/mol. The number of nitrogens with zero attached hydrogens (tertiary/aromatic N) is 2. The van der Waals surface area contributed by atoms with Gasteiger partial charge in [-0.1, -0.05) is 24.3 Å². The first kappa shape index (κ1) is 15.8. The molecular weight excluding hydrogens is 322 g/mol. The van der Waals surface area contributed by atoms with Crippen LogP contribution in [-0.4, -0.2) is 16.7 Å². The van der Waals surface area contributed by atoms with Crippen LogP contribution in [0.2, 0.25) is 0 Å². The Morgan fingerprint density at radius 2 is 1.96 bits per heavy atom. The van der Waals surface area contributed by atoms with E-state index in [1.807, 2.05) is 37.3 Å². The maximum Gasteiger partial charge on any atom is 0.250 e. The fraction of sp³-hybridized carbons (Fsp3) is 0.111. The van der Waals surface area contributed by atoms with E-state index in [4.69, 9.17) is 0 Å². The number of fused-ring (bicyclic) bond motifs is 1. The van der Waals surface area contributed by atoms with Gasteiger partial charge in [-0.3, -0.25) is 9.59 Å². The molecule has 2 aromatic heterocycles. The van der Waals surface area contributed by atoms with E-state index >= 15 is 0 Å². The molecule has 1 N–H and O–H groups in total. The number of hydrogen-bond donors (Lipinski definition) is 1. The summed E-state index contributed by atoms with van der Waals surface area (Å²) in [6.07, 6.45) is 1.52. The first-order chi connectivity index (χ1) is 11.6. The lowest BCUT2D eigenvalue weighted by Gasteiger charge is -2.08. The van der Waals surface area contributed by atoms with Gasteiger partial charge in [0, 0.05) is 10.9 Å². The molecule has 0 aliphatic carbocycles. The lowest BCUT2D eigenvalue weighted by atomic mass is 10.0. The molecule has 0 radical (unpaired) electrons. The second kappa shape index (κ2) is 6.60. The van der Waals surface area contributed by atoms with E-state index in [-0.39, 0.29) is 0 Å². The van der Waals surface area contributed by atoms with Gasteiger partial charge in [0.25, 0.3) is 5.91 Å². The zero-order chi connectivity index (χ0) is 17.1. The second-order valence-corrected chi connectivity index (χ2v) is 6.24. The zero-order valence-corrected chi connectivity index (χ0v) is 13.6. The first-order valence-electron chi connectivity index (χ1n) is 7.25. The van der Waals surface area contributed by atoms with Gasteiger partial charge in [0.05, 0.1) is 10.9 Å². The zero-order valence-electron chi connectivity index (χ0n) is 12.8. The molecule has 1 aromatic carbocycles. The normalized spacial score (nSPS) is 11.7. The number of amides is 1. The highest BCUT2D eigenvalue weighted by Crippen LogP contribution is 2.32. The van der Waals surface area contributed by atoms with Crippen LogP contribution in [0.5, 0.6) is 0 Å². The van der Waals surface area contributed by atoms with E-state index < -0.39 is 17.6 Å². The SMILES string of the molecule is Cc1c(C(=O)C(C#N)C(=O)Nc2ccccn2)sc2ccccc12. The number of carbonyl (C=O) groups is 2. The lowest BCUT2D eigenvalue weighted by Crippen LogP contribution is -2.28. The Kier molecular flexibility index (Phi) is 4.36. The molecule has 1 amide bonds. The van der Waals surface area contributed by atoms with Crippen molar-refractivity contribution in [1.29, 1.82) is 5.26 Å². The van der Waals surface area contributed by atoms with Crippen LogP contribution in [0.25, 0.3) is 10.1 Å². The maximum atomic E-state index is 12.7. The van der Waals surface area contributed by atoms with Gasteiger partial charge in [-0.2, -0.15) is 5.26 Å². The molecule has 0 spiro atoms. The highest BCUT2D eigenvalue weighted by molar-refractivity contribution is 7.21. The van der Waals surface area contributed by atoms with Crippen LogP contribution in [-0.2, 0) is 4.79 Å². The van der Waals surface area contributed by atoms with Crippen molar-refractivity contribution >= 4 is 38.9 Å². The van der Waals surface area contributed by atoms with Gasteiger partial charge < -0.3 is 5.32 Å². The maximum absolute atomic E-state index is 12.7. The Hall–Kier alpha value is -3.04. The van der Waals surface area contributed by atoms with Crippen molar-refractivity contribution in [2.45, 2.75) is 6.92 Å². The average Bonchev–Trinajstić information content (AvgIpc) is 2.93. The van der Waals surface area contributed by atoms with Gasteiger partial charge in [-0.15, -0.1) is 11.3 Å². The number of nitriles is 1. The Labute approximate surface area is 142 Å². The number of aromatic nitrogens is 1. The van der Waals surface area contributed by atoms with Crippen LogP contribution in [0, 0.1) is 24.2 Å². The van der Waals surface area contributed by atoms with Crippen molar-refractivity contribution in [2.75, 3.05) is 5.32 Å². The van der Waals surface area contributed by atoms with Gasteiger partial charge in [0.1, 0.15) is 5.82 Å². The molecule has 24 heavy (non-hydrogen) atoms. The molecule has 0 saturated heterocycles. The minimum absolute atomic E-state index is 0.309. The molecular formula is C18H13N3O2S. The number of pyridine rings is 1. The van der Waals surface area contributed by atoms with Crippen LogP contribution in [0.3, 0.4) is 0 Å². The van der Waals surface area contributed by atoms with Gasteiger partial charge in [-0.25, -0.2) is 4.98 Å². The third-order valence-electron chi connectivity index (χ3n) is 3.64. The molecule has 3 rings (SSSR count). The topological polar surface area (TPSA) is 82.8 Å². The molecule has 1 atom stereocenters. The highest BCUT2D eigenvalue weighted by atomic mass is 32.1. The lowest BCUT2D eigenvalue weighted by molar-refractivity contribution is -0.117. The number of anilines is 1. The summed E-state index contributed by atoms with van der Waals surface area (Å²) < 4.78 is 0.958. The van der Waals surface area contributed by atoms with E-state index in [2.05, 4.69) is 10.3 Å². The number of Topliss-reactive ketones (excluding diaryl/α,β-unsaturated/α-hetero) is 1. The molecule has 118 valence electrons. The number of nitrogens with one attached hydrogen (secondary N) is 1. The molecule has 6 heteroatoms. The number of ketones is 1. The Morgan fingerprint density at radius 1 is 1.21 bits per heavy atom. The average molecular weight is 335 g/mol. The molecule has 0 saturated carbocycles. The standard InChI is InChI=1S/C18H13N3O2S/c1-11-12-6-2-3-7-14(12)24-17(11)16(22)13(10-19)18(23)21-15-8-4-5-9-20-15/h2-9,13H,1H3,(H,20,21,23).